The Balaban J connectivity index is 0.747. The molecule has 18 heteroatoms. The zero-order valence-corrected chi connectivity index (χ0v) is 42.7. The van der Waals surface area contributed by atoms with Crippen LogP contribution in [-0.2, 0) is 16.1 Å². The summed E-state index contributed by atoms with van der Waals surface area (Å²) in [5.74, 6) is 1.08. The lowest BCUT2D eigenvalue weighted by Crippen LogP contribution is -2.58. The van der Waals surface area contributed by atoms with Crippen molar-refractivity contribution in [3.05, 3.63) is 77.0 Å². The first-order chi connectivity index (χ1) is 36.4. The second kappa shape index (κ2) is 20.6. The number of carbonyl (C=O) groups is 3. The summed E-state index contributed by atoms with van der Waals surface area (Å²) >= 11 is 0. The smallest absolute Gasteiger partial charge is 0.319 e. The Hall–Kier alpha value is -6.99. The van der Waals surface area contributed by atoms with Crippen LogP contribution < -0.4 is 19.9 Å². The van der Waals surface area contributed by atoms with Gasteiger partial charge < -0.3 is 34.3 Å². The maximum Gasteiger partial charge on any atom is 0.319 e. The van der Waals surface area contributed by atoms with Gasteiger partial charge in [-0.05, 0) is 98.2 Å². The number of piperidine rings is 2. The number of hydrogen-bond acceptors (Lipinski definition) is 14. The van der Waals surface area contributed by atoms with Crippen LogP contribution in [0.15, 0.2) is 48.7 Å². The summed E-state index contributed by atoms with van der Waals surface area (Å²) in [6.45, 7) is 14.0. The van der Waals surface area contributed by atoms with E-state index in [4.69, 9.17) is 21.1 Å². The first kappa shape index (κ1) is 50.2. The van der Waals surface area contributed by atoms with E-state index < -0.39 is 23.6 Å². The standard InChI is InChI=1S/C57H63F2N11O5/c1-4-38-31-68(32-39(5-2)69(38)20-17-60)53-45-28-61-51(44-27-41(71)26-36-7-10-46(58)42(6-3)49(36)44)50(59)52(45)63-56(64-53)75-34-57(15-16-57)33-66-23-21-65(22-24-66)29-35-13-18-67(19-14-35)40-8-9-43-37(25-40)30-70(55(43)74)47-11-12-48(72)62-54(47)73/h3,7-10,25-28,35,38-39,47,71H,4-5,11-16,18-24,29-34H2,1-2H3,(H,62,72,73). The van der Waals surface area contributed by atoms with Crippen LogP contribution in [0.1, 0.15) is 86.7 Å². The van der Waals surface area contributed by atoms with Crippen LogP contribution >= 0.6 is 0 Å². The van der Waals surface area contributed by atoms with E-state index in [1.54, 1.807) is 4.90 Å². The average molecular weight is 1020 g/mol. The molecule has 1 saturated carbocycles. The summed E-state index contributed by atoms with van der Waals surface area (Å²) in [7, 11) is 0. The molecule has 5 aromatic rings. The van der Waals surface area contributed by atoms with Gasteiger partial charge in [-0.3, -0.25) is 29.6 Å². The number of ether oxygens (including phenoxy) is 1. The maximum absolute atomic E-state index is 17.4. The van der Waals surface area contributed by atoms with Crippen molar-refractivity contribution >= 4 is 50.9 Å². The number of nitrogens with one attached hydrogen (secondary N) is 1. The second-order valence-electron chi connectivity index (χ2n) is 21.6. The topological polar surface area (TPSA) is 175 Å². The number of piperazine rings is 2. The van der Waals surface area contributed by atoms with E-state index in [2.05, 4.69) is 66.7 Å². The molecule has 3 aromatic carbocycles. The average Bonchev–Trinajstić information content (AvgIpc) is 4.11. The molecule has 0 spiro atoms. The third-order valence-electron chi connectivity index (χ3n) is 16.9. The SMILES string of the molecule is C#Cc1c(F)ccc2cc(O)cc(-c3ncc4c(N5CC(CC)N(CC#N)C(CC)C5)nc(OCC5(CN6CCN(CC7CCN(c8ccc9c(c8)CN(C8CCC(=O)NC8=O)C9=O)CC7)CC6)CC5)nc4c3F)c12. The van der Waals surface area contributed by atoms with Gasteiger partial charge in [0.1, 0.15) is 34.6 Å². The fraction of sp³-hybridized carbons (Fsp3) is 0.491. The monoisotopic (exact) mass is 1020 g/mol. The van der Waals surface area contributed by atoms with Gasteiger partial charge >= 0.3 is 6.01 Å². The van der Waals surface area contributed by atoms with Crippen LogP contribution in [0.25, 0.3) is 32.9 Å². The van der Waals surface area contributed by atoms with E-state index >= 15 is 8.78 Å². The van der Waals surface area contributed by atoms with E-state index in [1.165, 1.54) is 30.5 Å². The van der Waals surface area contributed by atoms with Gasteiger partial charge in [-0.15, -0.1) is 6.42 Å². The zero-order chi connectivity index (χ0) is 52.1. The van der Waals surface area contributed by atoms with Crippen LogP contribution in [0.5, 0.6) is 11.8 Å². The molecule has 75 heavy (non-hydrogen) atoms. The lowest BCUT2D eigenvalue weighted by molar-refractivity contribution is -0.136. The molecule has 7 heterocycles. The molecule has 6 aliphatic rings. The Labute approximate surface area is 435 Å². The maximum atomic E-state index is 17.4. The number of amides is 3. The highest BCUT2D eigenvalue weighted by atomic mass is 19.1. The van der Waals surface area contributed by atoms with Gasteiger partial charge in [-0.1, -0.05) is 25.8 Å². The van der Waals surface area contributed by atoms with E-state index in [-0.39, 0.29) is 75.2 Å². The van der Waals surface area contributed by atoms with E-state index in [1.807, 2.05) is 12.1 Å². The summed E-state index contributed by atoms with van der Waals surface area (Å²) in [4.78, 5) is 65.4. The van der Waals surface area contributed by atoms with Crippen molar-refractivity contribution in [2.45, 2.75) is 89.9 Å². The number of phenolic OH excluding ortho intramolecular Hbond substituents is 1. The van der Waals surface area contributed by atoms with Gasteiger partial charge in [-0.2, -0.15) is 15.2 Å². The molecule has 2 N–H and O–H groups in total. The molecule has 3 unspecified atom stereocenters. The van der Waals surface area contributed by atoms with Gasteiger partial charge in [0.25, 0.3) is 5.91 Å². The molecule has 3 amide bonds. The number of phenols is 1. The van der Waals surface area contributed by atoms with Crippen LogP contribution in [0.2, 0.25) is 0 Å². The number of imide groups is 1. The lowest BCUT2D eigenvalue weighted by atomic mass is 9.95. The number of halogens is 2. The highest BCUT2D eigenvalue weighted by molar-refractivity contribution is 6.06. The van der Waals surface area contributed by atoms with E-state index in [0.717, 1.165) is 102 Å². The predicted molar refractivity (Wildman–Crippen MR) is 280 cm³/mol. The summed E-state index contributed by atoms with van der Waals surface area (Å²) in [5.41, 5.74) is 2.49. The lowest BCUT2D eigenvalue weighted by Gasteiger charge is -2.46. The molecule has 5 fully saturated rings. The minimum absolute atomic E-state index is 0.0108. The highest BCUT2D eigenvalue weighted by Crippen LogP contribution is 2.47. The van der Waals surface area contributed by atoms with Crippen molar-refractivity contribution in [3.63, 3.8) is 0 Å². The minimum Gasteiger partial charge on any atom is -0.508 e. The molecule has 11 rings (SSSR count). The first-order valence-electron chi connectivity index (χ1n) is 26.6. The fourth-order valence-electron chi connectivity index (χ4n) is 12.4. The summed E-state index contributed by atoms with van der Waals surface area (Å²) < 4.78 is 39.1. The molecule has 2 aromatic heterocycles. The molecule has 1 aliphatic carbocycles. The normalized spacial score (nSPS) is 22.6. The van der Waals surface area contributed by atoms with Crippen molar-refractivity contribution in [2.24, 2.45) is 11.3 Å². The fourth-order valence-corrected chi connectivity index (χ4v) is 12.4. The van der Waals surface area contributed by atoms with Crippen LogP contribution in [0.4, 0.5) is 20.3 Å². The molecule has 390 valence electrons. The molecule has 4 saturated heterocycles. The Morgan fingerprint density at radius 2 is 1.65 bits per heavy atom. The number of anilines is 2. The Morgan fingerprint density at radius 3 is 2.35 bits per heavy atom. The molecule has 5 aliphatic heterocycles. The van der Waals surface area contributed by atoms with Crippen molar-refractivity contribution in [1.29, 1.82) is 5.26 Å². The molecular weight excluding hydrogens is 957 g/mol. The number of pyridine rings is 1. The van der Waals surface area contributed by atoms with Crippen molar-refractivity contribution in [2.75, 3.05) is 88.4 Å². The largest absolute Gasteiger partial charge is 0.508 e. The Morgan fingerprint density at radius 1 is 0.907 bits per heavy atom. The number of rotatable bonds is 14. The van der Waals surface area contributed by atoms with Gasteiger partial charge in [0.2, 0.25) is 11.8 Å². The quantitative estimate of drug-likeness (QED) is 0.0704. The summed E-state index contributed by atoms with van der Waals surface area (Å²) in [6, 6.07) is 13.4. The van der Waals surface area contributed by atoms with Gasteiger partial charge in [-0.25, -0.2) is 8.78 Å². The molecular formula is C57H63F2N11O5. The van der Waals surface area contributed by atoms with Crippen LogP contribution in [0, 0.1) is 46.6 Å². The van der Waals surface area contributed by atoms with Crippen molar-refractivity contribution in [3.8, 4) is 41.4 Å². The van der Waals surface area contributed by atoms with Gasteiger partial charge in [0.05, 0.1) is 30.2 Å². The zero-order valence-electron chi connectivity index (χ0n) is 42.7. The number of nitrogens with zero attached hydrogens (tertiary/aromatic N) is 10. The summed E-state index contributed by atoms with van der Waals surface area (Å²) in [5, 5.41) is 24.0. The van der Waals surface area contributed by atoms with E-state index in [0.29, 0.717) is 67.3 Å². The Bertz CT molecular complexity index is 3140. The number of hydrogen-bond donors (Lipinski definition) is 2. The van der Waals surface area contributed by atoms with Crippen LogP contribution in [-0.4, -0.2) is 154 Å². The van der Waals surface area contributed by atoms with Crippen molar-refractivity contribution < 1.29 is 33.0 Å². The highest BCUT2D eigenvalue weighted by Gasteiger charge is 2.46. The van der Waals surface area contributed by atoms with Gasteiger partial charge in [0.15, 0.2) is 5.82 Å². The molecule has 3 atom stereocenters. The third-order valence-corrected chi connectivity index (χ3v) is 16.9. The van der Waals surface area contributed by atoms with E-state index in [9.17, 15) is 24.8 Å². The molecule has 0 bridgehead atoms. The second-order valence-corrected chi connectivity index (χ2v) is 21.6. The van der Waals surface area contributed by atoms with Crippen LogP contribution in [0.3, 0.4) is 0 Å². The number of carbonyl (C=O) groups excluding carboxylic acids is 3. The number of aromatic hydroxyl groups is 1. The number of benzene rings is 3. The number of nitriles is 1. The third kappa shape index (κ3) is 9.80. The minimum atomic E-state index is -0.772. The predicted octanol–water partition coefficient (Wildman–Crippen LogP) is 6.47. The molecule has 16 nitrogen and oxygen atoms in total. The Kier molecular flexibility index (Phi) is 13.8. The number of aromatic nitrogens is 3. The molecule has 0 radical (unpaired) electrons. The number of terminal acetylenes is 1. The number of fused-ring (bicyclic) bond motifs is 3. The first-order valence-corrected chi connectivity index (χ1v) is 26.6. The van der Waals surface area contributed by atoms with Gasteiger partial charge in [0, 0.05) is 124 Å². The summed E-state index contributed by atoms with van der Waals surface area (Å²) in [6.07, 6.45) is 13.6. The van der Waals surface area contributed by atoms with Crippen molar-refractivity contribution in [1.82, 2.24) is 39.9 Å².